The molecule has 3 fully saturated rings. The van der Waals surface area contributed by atoms with Crippen molar-refractivity contribution in [3.63, 3.8) is 0 Å². The first-order chi connectivity index (χ1) is 12.7. The van der Waals surface area contributed by atoms with Gasteiger partial charge in [-0.25, -0.2) is 0 Å². The van der Waals surface area contributed by atoms with Crippen LogP contribution in [0.3, 0.4) is 0 Å². The summed E-state index contributed by atoms with van der Waals surface area (Å²) in [6.07, 6.45) is 0.927. The lowest BCUT2D eigenvalue weighted by atomic mass is 10.1. The van der Waals surface area contributed by atoms with Crippen LogP contribution in [-0.2, 0) is 4.79 Å². The normalized spacial score (nSPS) is 24.1. The molecule has 0 radical (unpaired) electrons. The first-order valence-electron chi connectivity index (χ1n) is 9.33. The second-order valence-corrected chi connectivity index (χ2v) is 8.25. The Morgan fingerprint density at radius 3 is 2.34 bits per heavy atom. The number of hydrogen-bond acceptors (Lipinski definition) is 6. The van der Waals surface area contributed by atoms with E-state index in [2.05, 4.69) is 21.2 Å². The summed E-state index contributed by atoms with van der Waals surface area (Å²) in [7, 11) is 0. The number of amides is 1. The van der Waals surface area contributed by atoms with E-state index in [-0.39, 0.29) is 49.2 Å². The van der Waals surface area contributed by atoms with Crippen LogP contribution in [-0.4, -0.2) is 78.7 Å². The van der Waals surface area contributed by atoms with Gasteiger partial charge < -0.3 is 15.1 Å². The number of anilines is 1. The molecule has 0 bridgehead atoms. The van der Waals surface area contributed by atoms with Crippen LogP contribution < -0.4 is 10.2 Å². The predicted octanol–water partition coefficient (Wildman–Crippen LogP) is 2.21. The van der Waals surface area contributed by atoms with Crippen molar-refractivity contribution in [2.45, 2.75) is 18.5 Å². The maximum absolute atomic E-state index is 12.6. The van der Waals surface area contributed by atoms with Crippen LogP contribution in [0.1, 0.15) is 12.0 Å². The molecule has 3 saturated heterocycles. The summed E-state index contributed by atoms with van der Waals surface area (Å²) < 4.78 is 0. The van der Waals surface area contributed by atoms with E-state index in [4.69, 9.17) is 5.26 Å². The van der Waals surface area contributed by atoms with Gasteiger partial charge in [-0.3, -0.25) is 9.69 Å². The number of nitrogens with zero attached hydrogens (tertiary/aromatic N) is 4. The zero-order valence-corrected chi connectivity index (χ0v) is 19.4. The molecule has 3 heterocycles. The molecular formula is C19H28Cl3N5OS. The van der Waals surface area contributed by atoms with E-state index in [0.29, 0.717) is 11.6 Å². The maximum Gasteiger partial charge on any atom is 0.240 e. The Labute approximate surface area is 195 Å². The molecule has 0 saturated carbocycles. The molecular weight excluding hydrogens is 453 g/mol. The minimum Gasteiger partial charge on any atom is -0.369 e. The zero-order valence-electron chi connectivity index (χ0n) is 16.2. The molecule has 162 valence electrons. The van der Waals surface area contributed by atoms with Gasteiger partial charge >= 0.3 is 0 Å². The van der Waals surface area contributed by atoms with Crippen LogP contribution in [0.15, 0.2) is 24.3 Å². The number of hydrogen-bond donors (Lipinski definition) is 1. The van der Waals surface area contributed by atoms with Gasteiger partial charge in [0.25, 0.3) is 0 Å². The third-order valence-electron chi connectivity index (χ3n) is 5.66. The molecule has 3 aliphatic heterocycles. The molecule has 0 aromatic heterocycles. The van der Waals surface area contributed by atoms with Crippen molar-refractivity contribution < 1.29 is 4.79 Å². The van der Waals surface area contributed by atoms with Gasteiger partial charge in [0.05, 0.1) is 23.6 Å². The first kappa shape index (κ1) is 26.2. The molecule has 2 atom stereocenters. The molecule has 4 rings (SSSR count). The van der Waals surface area contributed by atoms with Crippen molar-refractivity contribution in [2.75, 3.05) is 55.8 Å². The van der Waals surface area contributed by atoms with Crippen LogP contribution in [0.2, 0.25) is 0 Å². The van der Waals surface area contributed by atoms with Gasteiger partial charge in [0.1, 0.15) is 0 Å². The minimum absolute atomic E-state index is 0. The van der Waals surface area contributed by atoms with Crippen molar-refractivity contribution in [3.8, 4) is 6.07 Å². The quantitative estimate of drug-likeness (QED) is 0.716. The second-order valence-electron chi connectivity index (χ2n) is 7.17. The van der Waals surface area contributed by atoms with Crippen molar-refractivity contribution in [1.29, 1.82) is 5.26 Å². The zero-order chi connectivity index (χ0) is 17.9. The van der Waals surface area contributed by atoms with E-state index >= 15 is 0 Å². The van der Waals surface area contributed by atoms with Gasteiger partial charge in [0.15, 0.2) is 0 Å². The van der Waals surface area contributed by atoms with Crippen LogP contribution in [0, 0.1) is 11.3 Å². The minimum atomic E-state index is -0.00439. The van der Waals surface area contributed by atoms with Gasteiger partial charge in [0.2, 0.25) is 5.91 Å². The van der Waals surface area contributed by atoms with Gasteiger partial charge in [-0.1, -0.05) is 0 Å². The Bertz CT molecular complexity index is 688. The van der Waals surface area contributed by atoms with Gasteiger partial charge in [-0.05, 0) is 30.7 Å². The summed E-state index contributed by atoms with van der Waals surface area (Å²) in [6.45, 7) is 5.83. The highest BCUT2D eigenvalue weighted by Crippen LogP contribution is 2.22. The molecule has 0 unspecified atom stereocenters. The van der Waals surface area contributed by atoms with Gasteiger partial charge in [0, 0.05) is 56.8 Å². The van der Waals surface area contributed by atoms with E-state index < -0.39 is 0 Å². The molecule has 10 heteroatoms. The largest absolute Gasteiger partial charge is 0.369 e. The molecule has 29 heavy (non-hydrogen) atoms. The predicted molar refractivity (Wildman–Crippen MR) is 126 cm³/mol. The Morgan fingerprint density at radius 1 is 1.07 bits per heavy atom. The first-order valence-corrected chi connectivity index (χ1v) is 10.5. The summed E-state index contributed by atoms with van der Waals surface area (Å²) in [6, 6.07) is 10.5. The van der Waals surface area contributed by atoms with Crippen molar-refractivity contribution >= 4 is 60.6 Å². The fraction of sp³-hybridized carbons (Fsp3) is 0.579. The van der Waals surface area contributed by atoms with E-state index in [1.807, 2.05) is 40.9 Å². The number of nitrogens with one attached hydrogen (secondary N) is 1. The molecule has 0 aliphatic carbocycles. The maximum atomic E-state index is 12.6. The number of rotatable bonds is 3. The monoisotopic (exact) mass is 479 g/mol. The molecule has 1 amide bonds. The Morgan fingerprint density at radius 2 is 1.76 bits per heavy atom. The molecule has 1 aromatic rings. The molecule has 1 aromatic carbocycles. The summed E-state index contributed by atoms with van der Waals surface area (Å²) in [5.74, 6) is 2.21. The summed E-state index contributed by atoms with van der Waals surface area (Å²) in [4.78, 5) is 19.5. The van der Waals surface area contributed by atoms with E-state index in [1.165, 1.54) is 5.69 Å². The molecule has 1 N–H and O–H groups in total. The summed E-state index contributed by atoms with van der Waals surface area (Å²) >= 11 is 1.84. The number of halogens is 3. The number of piperazine rings is 1. The smallest absolute Gasteiger partial charge is 0.240 e. The third kappa shape index (κ3) is 6.06. The average Bonchev–Trinajstić information content (AvgIpc) is 3.40. The van der Waals surface area contributed by atoms with E-state index in [1.54, 1.807) is 0 Å². The van der Waals surface area contributed by atoms with Gasteiger partial charge in [-0.2, -0.15) is 5.26 Å². The highest BCUT2D eigenvalue weighted by atomic mass is 35.5. The fourth-order valence-corrected chi connectivity index (χ4v) is 5.04. The number of thioether (sulfide) groups is 1. The number of nitriles is 1. The number of carbonyl (C=O) groups is 1. The second kappa shape index (κ2) is 12.1. The standard InChI is InChI=1S/C19H25N5OS.3ClH/c20-12-15-1-3-16(4-2-15)22-5-7-23(8-6-22)17-11-18(21-13-17)19(25)24-9-10-26-14-24;;;/h1-4,17-18,21H,5-11,13-14H2;3*1H/t17-,18-;;;/m0.../s1. The molecule has 6 nitrogen and oxygen atoms in total. The van der Waals surface area contributed by atoms with Crippen molar-refractivity contribution in [2.24, 2.45) is 0 Å². The fourth-order valence-electron chi connectivity index (χ4n) is 4.08. The van der Waals surface area contributed by atoms with E-state index in [0.717, 1.165) is 57.3 Å². The Balaban J connectivity index is 0.00000140. The number of carbonyl (C=O) groups excluding carboxylic acids is 1. The molecule has 0 spiro atoms. The SMILES string of the molecule is Cl.Cl.Cl.N#Cc1ccc(N2CCN([C@@H]3CN[C@H](C(=O)N4CCSC4)C3)CC2)cc1. The lowest BCUT2D eigenvalue weighted by molar-refractivity contribution is -0.131. The van der Waals surface area contributed by atoms with Crippen LogP contribution in [0.4, 0.5) is 5.69 Å². The Hall–Kier alpha value is -0.880. The summed E-state index contributed by atoms with van der Waals surface area (Å²) in [5, 5.41) is 12.4. The summed E-state index contributed by atoms with van der Waals surface area (Å²) in [5.41, 5.74) is 1.89. The lowest BCUT2D eigenvalue weighted by Gasteiger charge is -2.39. The average molecular weight is 481 g/mol. The topological polar surface area (TPSA) is 62.6 Å². The van der Waals surface area contributed by atoms with Gasteiger partial charge in [-0.15, -0.1) is 49.0 Å². The van der Waals surface area contributed by atoms with Crippen molar-refractivity contribution in [3.05, 3.63) is 29.8 Å². The van der Waals surface area contributed by atoms with Crippen molar-refractivity contribution in [1.82, 2.24) is 15.1 Å². The number of benzene rings is 1. The van der Waals surface area contributed by atoms with Crippen LogP contribution >= 0.6 is 49.0 Å². The highest BCUT2D eigenvalue weighted by molar-refractivity contribution is 7.99. The molecule has 3 aliphatic rings. The van der Waals surface area contributed by atoms with Crippen LogP contribution in [0.5, 0.6) is 0 Å². The van der Waals surface area contributed by atoms with E-state index in [9.17, 15) is 4.79 Å². The Kier molecular flexibility index (Phi) is 10.9. The third-order valence-corrected chi connectivity index (χ3v) is 6.63. The highest BCUT2D eigenvalue weighted by Gasteiger charge is 2.36. The van der Waals surface area contributed by atoms with Crippen LogP contribution in [0.25, 0.3) is 0 Å². The lowest BCUT2D eigenvalue weighted by Crippen LogP contribution is -2.51.